The van der Waals surface area contributed by atoms with Crippen molar-refractivity contribution >= 4 is 5.84 Å². The molecular weight excluding hydrogens is 821 g/mol. The zero-order chi connectivity index (χ0) is 48.8. The second-order valence-corrected chi connectivity index (χ2v) is 23.2. The molecule has 1 atom stereocenters. The van der Waals surface area contributed by atoms with Gasteiger partial charge in [-0.15, -0.1) is 0 Å². The summed E-state index contributed by atoms with van der Waals surface area (Å²) in [5.74, 6) is 1.81. The Bertz CT molecular complexity index is 1030. The zero-order valence-electron chi connectivity index (χ0n) is 48.3. The van der Waals surface area contributed by atoms with E-state index in [2.05, 4.69) is 44.7 Å². The van der Waals surface area contributed by atoms with Gasteiger partial charge in [-0.2, -0.15) is 4.58 Å². The van der Waals surface area contributed by atoms with Crippen LogP contribution >= 0.6 is 0 Å². The van der Waals surface area contributed by atoms with Crippen molar-refractivity contribution in [2.24, 2.45) is 0 Å². The summed E-state index contributed by atoms with van der Waals surface area (Å²) in [5, 5.41) is 0. The Morgan fingerprint density at radius 2 is 0.456 bits per heavy atom. The molecule has 0 aromatic carbocycles. The number of amidine groups is 1. The maximum absolute atomic E-state index is 2.83. The number of unbranched alkanes of at least 4 members (excludes halogenated alkanes) is 51. The highest BCUT2D eigenvalue weighted by Crippen LogP contribution is 2.27. The van der Waals surface area contributed by atoms with Crippen LogP contribution in [0.5, 0.6) is 0 Å². The van der Waals surface area contributed by atoms with Crippen molar-refractivity contribution in [3.05, 3.63) is 12.4 Å². The number of hydrogen-bond donors (Lipinski definition) is 0. The van der Waals surface area contributed by atoms with E-state index in [0.29, 0.717) is 0 Å². The second-order valence-electron chi connectivity index (χ2n) is 23.2. The summed E-state index contributed by atoms with van der Waals surface area (Å²) in [6.07, 6.45) is 86.5. The maximum Gasteiger partial charge on any atom is 0.348 e. The smallest absolute Gasteiger partial charge is 0.209 e. The minimum atomic E-state index is 1.22. The van der Waals surface area contributed by atoms with Crippen LogP contribution in [0.25, 0.3) is 0 Å². The van der Waals surface area contributed by atoms with Gasteiger partial charge in [-0.25, -0.2) is 4.48 Å². The van der Waals surface area contributed by atoms with Gasteiger partial charge in [0.05, 0.1) is 19.5 Å². The van der Waals surface area contributed by atoms with E-state index in [-0.39, 0.29) is 0 Å². The average molecular weight is 954 g/mol. The number of rotatable bonds is 59. The molecule has 0 fully saturated rings. The minimum Gasteiger partial charge on any atom is -0.209 e. The second kappa shape index (κ2) is 54.2. The quantitative estimate of drug-likeness (QED) is 0.0325. The molecule has 0 amide bonds. The topological polar surface area (TPSA) is 3.01 Å². The fraction of sp³-hybridized carbons (Fsp3) is 0.955. The molecule has 1 heterocycles. The van der Waals surface area contributed by atoms with Gasteiger partial charge in [-0.05, 0) is 38.5 Å². The van der Waals surface area contributed by atoms with Gasteiger partial charge < -0.3 is 0 Å². The van der Waals surface area contributed by atoms with Gasteiger partial charge in [-0.1, -0.05) is 336 Å². The normalized spacial score (nSPS) is 14.9. The summed E-state index contributed by atoms with van der Waals surface area (Å²) in [6.45, 7) is 13.3. The first-order valence-corrected chi connectivity index (χ1v) is 32.9. The van der Waals surface area contributed by atoms with Gasteiger partial charge in [0.15, 0.2) is 12.7 Å². The monoisotopic (exact) mass is 953 g/mol. The first-order valence-electron chi connectivity index (χ1n) is 32.9. The molecule has 404 valence electrons. The predicted molar refractivity (Wildman–Crippen MR) is 311 cm³/mol. The lowest BCUT2D eigenvalue weighted by Gasteiger charge is -2.29. The molecule has 2 heteroatoms. The number of nitrogens with zero attached hydrogens (tertiary/aromatic N) is 2. The molecule has 1 rings (SSSR count). The van der Waals surface area contributed by atoms with E-state index in [9.17, 15) is 0 Å². The lowest BCUT2D eigenvalue weighted by atomic mass is 10.0. The van der Waals surface area contributed by atoms with Crippen LogP contribution in [-0.2, 0) is 0 Å². The SMILES string of the molecule is CCCCCCCCCCCCCCCCC[N+]1(CCCCCCCCCCCCCCCC)C=C[N+](CCCCCCCCCCCCCCC)=C1CCCCCCCCCCCCCCC. The molecule has 1 aliphatic heterocycles. The third-order valence-corrected chi connectivity index (χ3v) is 16.5. The van der Waals surface area contributed by atoms with E-state index in [1.165, 1.54) is 384 Å². The van der Waals surface area contributed by atoms with Gasteiger partial charge in [-0.3, -0.25) is 0 Å². The summed E-state index contributed by atoms with van der Waals surface area (Å²) in [5.41, 5.74) is 0. The summed E-state index contributed by atoms with van der Waals surface area (Å²) in [6, 6.07) is 0. The van der Waals surface area contributed by atoms with Crippen molar-refractivity contribution in [2.75, 3.05) is 19.6 Å². The van der Waals surface area contributed by atoms with Crippen molar-refractivity contribution in [3.63, 3.8) is 0 Å². The Labute approximate surface area is 432 Å². The third-order valence-electron chi connectivity index (χ3n) is 16.5. The first-order chi connectivity index (χ1) is 33.7. The first kappa shape index (κ1) is 65.4. The Balaban J connectivity index is 2.72. The Hall–Kier alpha value is -0.630. The summed E-state index contributed by atoms with van der Waals surface area (Å²) >= 11 is 0. The average Bonchev–Trinajstić information content (AvgIpc) is 3.69. The standard InChI is InChI=1S/C66H132N2/c1-5-9-13-17-21-25-29-33-35-39-43-47-51-55-59-64-68(63-58-54-50-46-42-38-34-30-26-22-18-14-10-6-2)65-62-67(61-57-53-49-45-41-37-32-28-24-20-16-12-8-4)66(68)60-56-52-48-44-40-36-31-27-23-19-15-11-7-3/h62,65H,5-61,63-64H2,1-4H3/q+2. The molecule has 0 saturated heterocycles. The van der Waals surface area contributed by atoms with E-state index in [1.54, 1.807) is 0 Å². The summed E-state index contributed by atoms with van der Waals surface area (Å²) in [4.78, 5) is 0. The van der Waals surface area contributed by atoms with Crippen LogP contribution in [0.4, 0.5) is 0 Å². The van der Waals surface area contributed by atoms with Gasteiger partial charge in [0.2, 0.25) is 6.20 Å². The highest BCUT2D eigenvalue weighted by atomic mass is 15.4. The Morgan fingerprint density at radius 3 is 0.706 bits per heavy atom. The Morgan fingerprint density at radius 1 is 0.250 bits per heavy atom. The van der Waals surface area contributed by atoms with Crippen LogP contribution in [0.3, 0.4) is 0 Å². The van der Waals surface area contributed by atoms with Gasteiger partial charge in [0, 0.05) is 6.42 Å². The highest BCUT2D eigenvalue weighted by molar-refractivity contribution is 5.72. The van der Waals surface area contributed by atoms with Gasteiger partial charge in [0.1, 0.15) is 0 Å². The molecule has 0 N–H and O–H groups in total. The third kappa shape index (κ3) is 41.9. The van der Waals surface area contributed by atoms with Crippen molar-refractivity contribution in [3.8, 4) is 0 Å². The molecule has 0 spiro atoms. The molecule has 68 heavy (non-hydrogen) atoms. The molecule has 1 unspecified atom stereocenters. The van der Waals surface area contributed by atoms with Crippen molar-refractivity contribution in [1.82, 2.24) is 0 Å². The van der Waals surface area contributed by atoms with Crippen LogP contribution in [0, 0.1) is 0 Å². The zero-order valence-corrected chi connectivity index (χ0v) is 48.3. The van der Waals surface area contributed by atoms with Crippen molar-refractivity contribution in [1.29, 1.82) is 0 Å². The summed E-state index contributed by atoms with van der Waals surface area (Å²) in [7, 11) is 0. The van der Waals surface area contributed by atoms with E-state index in [1.807, 2.05) is 5.84 Å². The lowest BCUT2D eigenvalue weighted by molar-refractivity contribution is -0.801. The molecular formula is C66H132N2+2. The van der Waals surface area contributed by atoms with Crippen molar-refractivity contribution in [2.45, 2.75) is 387 Å². The largest absolute Gasteiger partial charge is 0.348 e. The number of quaternary nitrogens is 1. The minimum absolute atomic E-state index is 1.22. The highest BCUT2D eigenvalue weighted by Gasteiger charge is 2.42. The molecule has 0 aromatic heterocycles. The molecule has 0 bridgehead atoms. The fourth-order valence-electron chi connectivity index (χ4n) is 11.7. The van der Waals surface area contributed by atoms with Crippen LogP contribution in [-0.4, -0.2) is 34.5 Å². The Kier molecular flexibility index (Phi) is 52.1. The van der Waals surface area contributed by atoms with Gasteiger partial charge in [0.25, 0.3) is 0 Å². The predicted octanol–water partition coefficient (Wildman–Crippen LogP) is 23.6. The van der Waals surface area contributed by atoms with E-state index in [0.717, 1.165) is 0 Å². The van der Waals surface area contributed by atoms with Gasteiger partial charge >= 0.3 is 5.84 Å². The van der Waals surface area contributed by atoms with Crippen molar-refractivity contribution < 1.29 is 9.06 Å². The molecule has 0 radical (unpaired) electrons. The number of hydrogen-bond acceptors (Lipinski definition) is 0. The molecule has 1 aliphatic rings. The molecule has 2 nitrogen and oxygen atoms in total. The van der Waals surface area contributed by atoms with E-state index < -0.39 is 0 Å². The van der Waals surface area contributed by atoms with Crippen LogP contribution in [0.2, 0.25) is 0 Å². The van der Waals surface area contributed by atoms with Crippen LogP contribution in [0.15, 0.2) is 12.4 Å². The van der Waals surface area contributed by atoms with E-state index >= 15 is 0 Å². The van der Waals surface area contributed by atoms with Crippen LogP contribution in [0.1, 0.15) is 387 Å². The lowest BCUT2D eigenvalue weighted by Crippen LogP contribution is -2.50. The van der Waals surface area contributed by atoms with Crippen LogP contribution < -0.4 is 0 Å². The summed E-state index contributed by atoms with van der Waals surface area (Å²) < 4.78 is 4.04. The molecule has 0 saturated carbocycles. The molecule has 0 aromatic rings. The fourth-order valence-corrected chi connectivity index (χ4v) is 11.7. The van der Waals surface area contributed by atoms with E-state index in [4.69, 9.17) is 0 Å². The maximum atomic E-state index is 2.83. The molecule has 0 aliphatic carbocycles.